The summed E-state index contributed by atoms with van der Waals surface area (Å²) in [5.74, 6) is 1.09. The van der Waals surface area contributed by atoms with Gasteiger partial charge in [-0.1, -0.05) is 30.3 Å². The molecule has 0 fully saturated rings. The van der Waals surface area contributed by atoms with Gasteiger partial charge in [-0.25, -0.2) is 4.98 Å². The molecular formula is C15H21N3. The highest BCUT2D eigenvalue weighted by molar-refractivity contribution is 5.14. The van der Waals surface area contributed by atoms with E-state index in [2.05, 4.69) is 53.0 Å². The summed E-state index contributed by atoms with van der Waals surface area (Å²) in [6, 6.07) is 10.6. The van der Waals surface area contributed by atoms with Gasteiger partial charge in [-0.3, -0.25) is 0 Å². The van der Waals surface area contributed by atoms with Crippen molar-refractivity contribution in [1.82, 2.24) is 9.55 Å². The molecule has 0 aliphatic rings. The number of nitrogens with zero attached hydrogens (tertiary/aromatic N) is 2. The van der Waals surface area contributed by atoms with E-state index in [1.807, 2.05) is 0 Å². The fourth-order valence-corrected chi connectivity index (χ4v) is 2.17. The predicted octanol–water partition coefficient (Wildman–Crippen LogP) is 2.33. The highest BCUT2D eigenvalue weighted by Crippen LogP contribution is 2.07. The first-order valence-corrected chi connectivity index (χ1v) is 6.56. The van der Waals surface area contributed by atoms with Crippen LogP contribution in [0.3, 0.4) is 0 Å². The van der Waals surface area contributed by atoms with Crippen LogP contribution in [0.4, 0.5) is 0 Å². The number of hydrogen-bond acceptors (Lipinski definition) is 2. The average molecular weight is 243 g/mol. The summed E-state index contributed by atoms with van der Waals surface area (Å²) >= 11 is 0. The first-order valence-electron chi connectivity index (χ1n) is 6.56. The molecule has 0 bridgehead atoms. The van der Waals surface area contributed by atoms with Crippen molar-refractivity contribution in [2.45, 2.75) is 32.7 Å². The minimum atomic E-state index is 0.667. The van der Waals surface area contributed by atoms with E-state index in [1.165, 1.54) is 5.56 Å². The third-order valence-corrected chi connectivity index (χ3v) is 3.13. The van der Waals surface area contributed by atoms with Gasteiger partial charge in [0.15, 0.2) is 0 Å². The first-order chi connectivity index (χ1) is 8.79. The van der Waals surface area contributed by atoms with Crippen LogP contribution >= 0.6 is 0 Å². The molecule has 0 unspecified atom stereocenters. The van der Waals surface area contributed by atoms with E-state index in [9.17, 15) is 0 Å². The highest BCUT2D eigenvalue weighted by Gasteiger charge is 2.03. The normalized spacial score (nSPS) is 10.8. The van der Waals surface area contributed by atoms with Gasteiger partial charge in [0.25, 0.3) is 0 Å². The fraction of sp³-hybridized carbons (Fsp3) is 0.400. The maximum Gasteiger partial charge on any atom is 0.105 e. The number of aromatic nitrogens is 2. The third kappa shape index (κ3) is 3.44. The largest absolute Gasteiger partial charge is 0.335 e. The lowest BCUT2D eigenvalue weighted by molar-refractivity contribution is 0.625. The smallest absolute Gasteiger partial charge is 0.105 e. The van der Waals surface area contributed by atoms with E-state index < -0.39 is 0 Å². The molecule has 96 valence electrons. The number of imidazole rings is 1. The molecule has 1 heterocycles. The van der Waals surface area contributed by atoms with Crippen molar-refractivity contribution >= 4 is 0 Å². The topological polar surface area (TPSA) is 43.8 Å². The zero-order valence-electron chi connectivity index (χ0n) is 11.0. The molecule has 0 amide bonds. The molecule has 0 radical (unpaired) electrons. The summed E-state index contributed by atoms with van der Waals surface area (Å²) in [4.78, 5) is 4.51. The Labute approximate surface area is 109 Å². The van der Waals surface area contributed by atoms with Crippen LogP contribution < -0.4 is 5.73 Å². The molecule has 0 saturated heterocycles. The van der Waals surface area contributed by atoms with Crippen molar-refractivity contribution < 1.29 is 0 Å². The molecule has 2 rings (SSSR count). The molecule has 2 aromatic rings. The first kappa shape index (κ1) is 12.8. The molecule has 1 aromatic heterocycles. The summed E-state index contributed by atoms with van der Waals surface area (Å²) in [6.07, 6.45) is 5.26. The maximum absolute atomic E-state index is 5.55. The van der Waals surface area contributed by atoms with Gasteiger partial charge in [0.1, 0.15) is 5.82 Å². The van der Waals surface area contributed by atoms with Gasteiger partial charge in [0, 0.05) is 19.2 Å². The second kappa shape index (κ2) is 6.36. The van der Waals surface area contributed by atoms with Crippen molar-refractivity contribution in [1.29, 1.82) is 0 Å². The zero-order valence-corrected chi connectivity index (χ0v) is 11.0. The SMILES string of the molecule is Cc1nc(CCN)cn1CCCc1ccccc1. The highest BCUT2D eigenvalue weighted by atomic mass is 15.1. The Balaban J connectivity index is 1.86. The Kier molecular flexibility index (Phi) is 4.53. The molecular weight excluding hydrogens is 222 g/mol. The molecule has 2 N–H and O–H groups in total. The molecule has 3 heteroatoms. The summed E-state index contributed by atoms with van der Waals surface area (Å²) < 4.78 is 2.23. The molecule has 0 atom stereocenters. The zero-order chi connectivity index (χ0) is 12.8. The standard InChI is InChI=1S/C15H21N3/c1-13-17-15(9-10-16)12-18(13)11-5-8-14-6-3-2-4-7-14/h2-4,6-7,12H,5,8-11,16H2,1H3. The van der Waals surface area contributed by atoms with E-state index in [4.69, 9.17) is 5.73 Å². The van der Waals surface area contributed by atoms with E-state index in [0.717, 1.165) is 37.3 Å². The molecule has 0 spiro atoms. The van der Waals surface area contributed by atoms with Crippen LogP contribution in [-0.2, 0) is 19.4 Å². The number of benzene rings is 1. The Hall–Kier alpha value is -1.61. The average Bonchev–Trinajstić information content (AvgIpc) is 2.72. The van der Waals surface area contributed by atoms with Crippen molar-refractivity contribution in [3.05, 3.63) is 53.6 Å². The summed E-state index contributed by atoms with van der Waals surface area (Å²) in [7, 11) is 0. The Bertz CT molecular complexity index is 474. The second-order valence-electron chi connectivity index (χ2n) is 4.60. The molecule has 0 aliphatic carbocycles. The van der Waals surface area contributed by atoms with Crippen molar-refractivity contribution in [3.63, 3.8) is 0 Å². The van der Waals surface area contributed by atoms with Gasteiger partial charge in [-0.2, -0.15) is 0 Å². The molecule has 0 saturated carbocycles. The molecule has 18 heavy (non-hydrogen) atoms. The lowest BCUT2D eigenvalue weighted by Gasteiger charge is -2.04. The Morgan fingerprint density at radius 1 is 1.17 bits per heavy atom. The van der Waals surface area contributed by atoms with Crippen molar-refractivity contribution in [2.24, 2.45) is 5.73 Å². The number of hydrogen-bond donors (Lipinski definition) is 1. The van der Waals surface area contributed by atoms with Crippen LogP contribution in [0.1, 0.15) is 23.5 Å². The van der Waals surface area contributed by atoms with Gasteiger partial charge in [0.2, 0.25) is 0 Å². The molecule has 3 nitrogen and oxygen atoms in total. The van der Waals surface area contributed by atoms with Gasteiger partial charge in [-0.05, 0) is 31.9 Å². The molecule has 1 aromatic carbocycles. The third-order valence-electron chi connectivity index (χ3n) is 3.13. The van der Waals surface area contributed by atoms with E-state index >= 15 is 0 Å². The lowest BCUT2D eigenvalue weighted by atomic mass is 10.1. The number of rotatable bonds is 6. The van der Waals surface area contributed by atoms with Gasteiger partial charge < -0.3 is 10.3 Å². The Morgan fingerprint density at radius 2 is 1.94 bits per heavy atom. The summed E-state index contributed by atoms with van der Waals surface area (Å²) in [5, 5.41) is 0. The quantitative estimate of drug-likeness (QED) is 0.846. The minimum Gasteiger partial charge on any atom is -0.335 e. The van der Waals surface area contributed by atoms with Crippen LogP contribution in [0.5, 0.6) is 0 Å². The van der Waals surface area contributed by atoms with Gasteiger partial charge >= 0.3 is 0 Å². The van der Waals surface area contributed by atoms with Crippen molar-refractivity contribution in [3.8, 4) is 0 Å². The van der Waals surface area contributed by atoms with E-state index in [1.54, 1.807) is 0 Å². The van der Waals surface area contributed by atoms with Crippen LogP contribution in [0.15, 0.2) is 36.5 Å². The predicted molar refractivity (Wildman–Crippen MR) is 74.5 cm³/mol. The van der Waals surface area contributed by atoms with Gasteiger partial charge in [0.05, 0.1) is 5.69 Å². The summed E-state index contributed by atoms with van der Waals surface area (Å²) in [5.41, 5.74) is 8.05. The van der Waals surface area contributed by atoms with E-state index in [0.29, 0.717) is 6.54 Å². The fourth-order valence-electron chi connectivity index (χ4n) is 2.17. The number of aryl methyl sites for hydroxylation is 3. The van der Waals surface area contributed by atoms with Crippen molar-refractivity contribution in [2.75, 3.05) is 6.54 Å². The maximum atomic E-state index is 5.55. The number of nitrogens with two attached hydrogens (primary N) is 1. The monoisotopic (exact) mass is 243 g/mol. The lowest BCUT2D eigenvalue weighted by Crippen LogP contribution is -2.02. The summed E-state index contributed by atoms with van der Waals surface area (Å²) in [6.45, 7) is 3.75. The van der Waals surface area contributed by atoms with Crippen LogP contribution in [0.25, 0.3) is 0 Å². The molecule has 0 aliphatic heterocycles. The Morgan fingerprint density at radius 3 is 2.67 bits per heavy atom. The second-order valence-corrected chi connectivity index (χ2v) is 4.60. The van der Waals surface area contributed by atoms with E-state index in [-0.39, 0.29) is 0 Å². The van der Waals surface area contributed by atoms with Gasteiger partial charge in [-0.15, -0.1) is 0 Å². The minimum absolute atomic E-state index is 0.667. The van der Waals surface area contributed by atoms with Crippen LogP contribution in [-0.4, -0.2) is 16.1 Å². The van der Waals surface area contributed by atoms with Crippen LogP contribution in [0.2, 0.25) is 0 Å². The van der Waals surface area contributed by atoms with Crippen LogP contribution in [0, 0.1) is 6.92 Å².